The largest absolute Gasteiger partial charge is 0.416 e. The average molecular weight is 315 g/mol. The molecule has 0 saturated carbocycles. The highest BCUT2D eigenvalue weighted by atomic mass is 32.2. The number of sulfonamides is 1. The first-order valence-corrected chi connectivity index (χ1v) is 7.29. The summed E-state index contributed by atoms with van der Waals surface area (Å²) in [5, 5.41) is 8.52. The van der Waals surface area contributed by atoms with Crippen LogP contribution in [0.3, 0.4) is 0 Å². The SMILES string of the molecule is O=S(=O)(CCCCO)Nc1cc(C(F)(F)F)ccc1F. The monoisotopic (exact) mass is 315 g/mol. The van der Waals surface area contributed by atoms with Gasteiger partial charge in [0.15, 0.2) is 0 Å². The predicted molar refractivity (Wildman–Crippen MR) is 65.1 cm³/mol. The quantitative estimate of drug-likeness (QED) is 0.625. The molecule has 0 spiro atoms. The Hall–Kier alpha value is -1.35. The minimum absolute atomic E-state index is 0.117. The molecule has 1 rings (SSSR count). The van der Waals surface area contributed by atoms with E-state index in [1.165, 1.54) is 0 Å². The maximum absolute atomic E-state index is 13.3. The number of unbranched alkanes of at least 4 members (excludes halogenated alkanes) is 1. The van der Waals surface area contributed by atoms with Gasteiger partial charge < -0.3 is 5.11 Å². The van der Waals surface area contributed by atoms with Gasteiger partial charge in [-0.1, -0.05) is 0 Å². The second-order valence-corrected chi connectivity index (χ2v) is 5.89. The molecule has 0 saturated heterocycles. The van der Waals surface area contributed by atoms with Crippen LogP contribution in [0.1, 0.15) is 18.4 Å². The maximum Gasteiger partial charge on any atom is 0.416 e. The van der Waals surface area contributed by atoms with Crippen LogP contribution in [0.4, 0.5) is 23.2 Å². The second kappa shape index (κ2) is 6.40. The Labute approximate surface area is 113 Å². The van der Waals surface area contributed by atoms with Gasteiger partial charge in [-0.05, 0) is 31.0 Å². The molecule has 2 N–H and O–H groups in total. The fraction of sp³-hybridized carbons (Fsp3) is 0.455. The van der Waals surface area contributed by atoms with E-state index in [4.69, 9.17) is 5.11 Å². The van der Waals surface area contributed by atoms with Crippen LogP contribution in [0.5, 0.6) is 0 Å². The van der Waals surface area contributed by atoms with Gasteiger partial charge in [0.05, 0.1) is 17.0 Å². The lowest BCUT2D eigenvalue weighted by atomic mass is 10.2. The molecule has 0 bridgehead atoms. The molecule has 0 aromatic heterocycles. The van der Waals surface area contributed by atoms with Crippen LogP contribution in [-0.2, 0) is 16.2 Å². The Bertz CT molecular complexity index is 557. The topological polar surface area (TPSA) is 66.4 Å². The summed E-state index contributed by atoms with van der Waals surface area (Å²) in [7, 11) is -3.96. The summed E-state index contributed by atoms with van der Waals surface area (Å²) in [6.45, 7) is -0.201. The number of hydrogen-bond donors (Lipinski definition) is 2. The van der Waals surface area contributed by atoms with Crippen LogP contribution in [-0.4, -0.2) is 25.9 Å². The van der Waals surface area contributed by atoms with E-state index in [2.05, 4.69) is 0 Å². The zero-order valence-corrected chi connectivity index (χ0v) is 11.1. The summed E-state index contributed by atoms with van der Waals surface area (Å²) >= 11 is 0. The van der Waals surface area contributed by atoms with Gasteiger partial charge in [0.1, 0.15) is 5.82 Å². The smallest absolute Gasteiger partial charge is 0.396 e. The normalized spacial score (nSPS) is 12.4. The molecular weight excluding hydrogens is 302 g/mol. The molecular formula is C11H13F4NO3S. The summed E-state index contributed by atoms with van der Waals surface area (Å²) in [5.74, 6) is -1.51. The maximum atomic E-state index is 13.3. The van der Waals surface area contributed by atoms with E-state index >= 15 is 0 Å². The first-order chi connectivity index (χ1) is 9.15. The van der Waals surface area contributed by atoms with Crippen molar-refractivity contribution < 1.29 is 31.1 Å². The Morgan fingerprint density at radius 2 is 1.85 bits per heavy atom. The zero-order chi connectivity index (χ0) is 15.4. The molecule has 0 aliphatic rings. The molecule has 0 aliphatic heterocycles. The lowest BCUT2D eigenvalue weighted by Crippen LogP contribution is -2.18. The van der Waals surface area contributed by atoms with Gasteiger partial charge in [0.2, 0.25) is 10.0 Å². The third-order valence-corrected chi connectivity index (χ3v) is 3.74. The average Bonchev–Trinajstić information content (AvgIpc) is 2.30. The van der Waals surface area contributed by atoms with Gasteiger partial charge in [-0.15, -0.1) is 0 Å². The third kappa shape index (κ3) is 4.97. The van der Waals surface area contributed by atoms with Gasteiger partial charge in [0.25, 0.3) is 0 Å². The minimum Gasteiger partial charge on any atom is -0.396 e. The Morgan fingerprint density at radius 3 is 2.40 bits per heavy atom. The van der Waals surface area contributed by atoms with Crippen LogP contribution < -0.4 is 4.72 Å². The van der Waals surface area contributed by atoms with E-state index in [0.29, 0.717) is 18.2 Å². The Morgan fingerprint density at radius 1 is 1.20 bits per heavy atom. The van der Waals surface area contributed by atoms with Crippen molar-refractivity contribution in [1.82, 2.24) is 0 Å². The van der Waals surface area contributed by atoms with Crippen molar-refractivity contribution in [3.05, 3.63) is 29.6 Å². The fourth-order valence-corrected chi connectivity index (χ4v) is 2.58. The van der Waals surface area contributed by atoms with E-state index in [0.717, 1.165) is 0 Å². The summed E-state index contributed by atoms with van der Waals surface area (Å²) < 4.78 is 75.6. The van der Waals surface area contributed by atoms with Crippen LogP contribution >= 0.6 is 0 Å². The van der Waals surface area contributed by atoms with E-state index < -0.39 is 39.0 Å². The highest BCUT2D eigenvalue weighted by Crippen LogP contribution is 2.32. The van der Waals surface area contributed by atoms with Gasteiger partial charge in [-0.2, -0.15) is 13.2 Å². The second-order valence-electron chi connectivity index (χ2n) is 4.04. The molecule has 0 atom stereocenters. The zero-order valence-electron chi connectivity index (χ0n) is 10.2. The molecule has 1 aromatic carbocycles. The number of nitrogens with one attached hydrogen (secondary N) is 1. The Balaban J connectivity index is 2.91. The van der Waals surface area contributed by atoms with Crippen molar-refractivity contribution in [3.8, 4) is 0 Å². The molecule has 0 amide bonds. The number of anilines is 1. The van der Waals surface area contributed by atoms with E-state index in [9.17, 15) is 26.0 Å². The van der Waals surface area contributed by atoms with Gasteiger partial charge >= 0.3 is 6.18 Å². The molecule has 20 heavy (non-hydrogen) atoms. The molecule has 114 valence electrons. The lowest BCUT2D eigenvalue weighted by molar-refractivity contribution is -0.137. The first-order valence-electron chi connectivity index (χ1n) is 5.64. The van der Waals surface area contributed by atoms with Crippen molar-refractivity contribution in [2.75, 3.05) is 17.1 Å². The molecule has 0 radical (unpaired) electrons. The van der Waals surface area contributed by atoms with Gasteiger partial charge in [-0.3, -0.25) is 4.72 Å². The number of aliphatic hydroxyl groups excluding tert-OH is 1. The van der Waals surface area contributed by atoms with E-state index in [1.54, 1.807) is 4.72 Å². The molecule has 0 heterocycles. The summed E-state index contributed by atoms with van der Waals surface area (Å²) in [6.07, 6.45) is -4.34. The summed E-state index contributed by atoms with van der Waals surface area (Å²) in [6, 6.07) is 1.48. The van der Waals surface area contributed by atoms with Crippen molar-refractivity contribution in [1.29, 1.82) is 0 Å². The minimum atomic E-state index is -4.69. The van der Waals surface area contributed by atoms with Gasteiger partial charge in [-0.25, -0.2) is 12.8 Å². The van der Waals surface area contributed by atoms with Crippen LogP contribution in [0.25, 0.3) is 0 Å². The molecule has 9 heteroatoms. The molecule has 0 aliphatic carbocycles. The van der Waals surface area contributed by atoms with Gasteiger partial charge in [0, 0.05) is 6.61 Å². The number of rotatable bonds is 6. The number of alkyl halides is 3. The summed E-state index contributed by atoms with van der Waals surface area (Å²) in [4.78, 5) is 0. The van der Waals surface area contributed by atoms with Crippen LogP contribution in [0, 0.1) is 5.82 Å². The first kappa shape index (κ1) is 16.7. The standard InChI is InChI=1S/C11H13F4NO3S/c12-9-4-3-8(11(13,14)15)7-10(9)16-20(18,19)6-2-1-5-17/h3-4,7,16-17H,1-2,5-6H2. The third-order valence-electron chi connectivity index (χ3n) is 2.38. The fourth-order valence-electron chi connectivity index (χ4n) is 1.40. The van der Waals surface area contributed by atoms with Crippen LogP contribution in [0.2, 0.25) is 0 Å². The van der Waals surface area contributed by atoms with Crippen LogP contribution in [0.15, 0.2) is 18.2 Å². The number of benzene rings is 1. The highest BCUT2D eigenvalue weighted by Gasteiger charge is 2.31. The van der Waals surface area contributed by atoms with E-state index in [1.807, 2.05) is 0 Å². The lowest BCUT2D eigenvalue weighted by Gasteiger charge is -2.12. The van der Waals surface area contributed by atoms with E-state index in [-0.39, 0.29) is 19.4 Å². The molecule has 1 aromatic rings. The Kier molecular flexibility index (Phi) is 5.35. The van der Waals surface area contributed by atoms with Crippen molar-refractivity contribution in [2.24, 2.45) is 0 Å². The number of hydrogen-bond acceptors (Lipinski definition) is 3. The van der Waals surface area contributed by atoms with Crippen molar-refractivity contribution >= 4 is 15.7 Å². The molecule has 0 fully saturated rings. The molecule has 0 unspecified atom stereocenters. The highest BCUT2D eigenvalue weighted by molar-refractivity contribution is 7.92. The number of halogens is 4. The van der Waals surface area contributed by atoms with Crippen molar-refractivity contribution in [2.45, 2.75) is 19.0 Å². The summed E-state index contributed by atoms with van der Waals surface area (Å²) in [5.41, 5.74) is -1.89. The molecule has 4 nitrogen and oxygen atoms in total. The number of aliphatic hydroxyl groups is 1. The predicted octanol–water partition coefficient (Wildman–Crippen LogP) is 2.36. The van der Waals surface area contributed by atoms with Crippen molar-refractivity contribution in [3.63, 3.8) is 0 Å².